The summed E-state index contributed by atoms with van der Waals surface area (Å²) in [7, 11) is 0. The molecule has 0 spiro atoms. The van der Waals surface area contributed by atoms with Gasteiger partial charge in [0.1, 0.15) is 11.3 Å². The van der Waals surface area contributed by atoms with Gasteiger partial charge < -0.3 is 4.74 Å². The zero-order valence-corrected chi connectivity index (χ0v) is 7.10. The van der Waals surface area contributed by atoms with Crippen LogP contribution in [0.4, 0.5) is 0 Å². The summed E-state index contributed by atoms with van der Waals surface area (Å²) in [4.78, 5) is 0. The first-order valence-corrected chi connectivity index (χ1v) is 4.41. The molecule has 2 aromatic rings. The molecular weight excluding hydrogens is 166 g/mol. The fourth-order valence-corrected chi connectivity index (χ4v) is 1.68. The minimum Gasteiger partial charge on any atom is -0.491 e. The molecular formula is C9H9N3O. The first-order valence-electron chi connectivity index (χ1n) is 4.41. The van der Waals surface area contributed by atoms with Gasteiger partial charge in [-0.2, -0.15) is 0 Å². The lowest BCUT2D eigenvalue weighted by atomic mass is 10.2. The second kappa shape index (κ2) is 2.45. The Balaban J connectivity index is 2.40. The Labute approximate surface area is 75.1 Å². The standard InChI is InChI=1S/C9H9N3O/c1-4-8-9-7(3-2-6-13-8)10-11-12(9)5-1/h1,4-5H,2-3,6H2. The molecule has 0 bridgehead atoms. The molecule has 4 nitrogen and oxygen atoms in total. The van der Waals surface area contributed by atoms with Crippen LogP contribution in [0, 0.1) is 0 Å². The van der Waals surface area contributed by atoms with Gasteiger partial charge in [0.05, 0.1) is 12.3 Å². The maximum Gasteiger partial charge on any atom is 0.147 e. The molecule has 13 heavy (non-hydrogen) atoms. The number of nitrogens with zero attached hydrogens (tertiary/aromatic N) is 3. The number of pyridine rings is 1. The quantitative estimate of drug-likeness (QED) is 0.601. The highest BCUT2D eigenvalue weighted by molar-refractivity contribution is 5.63. The highest BCUT2D eigenvalue weighted by atomic mass is 16.5. The van der Waals surface area contributed by atoms with Crippen molar-refractivity contribution in [1.29, 1.82) is 0 Å². The molecule has 0 fully saturated rings. The topological polar surface area (TPSA) is 39.4 Å². The Hall–Kier alpha value is -1.58. The zero-order chi connectivity index (χ0) is 8.67. The highest BCUT2D eigenvalue weighted by Gasteiger charge is 2.14. The maximum atomic E-state index is 5.58. The van der Waals surface area contributed by atoms with Crippen LogP contribution in [0.1, 0.15) is 12.1 Å². The van der Waals surface area contributed by atoms with Gasteiger partial charge in [-0.05, 0) is 25.0 Å². The summed E-state index contributed by atoms with van der Waals surface area (Å²) >= 11 is 0. The van der Waals surface area contributed by atoms with E-state index in [9.17, 15) is 0 Å². The highest BCUT2D eigenvalue weighted by Crippen LogP contribution is 2.25. The Bertz CT molecular complexity index is 449. The second-order valence-electron chi connectivity index (χ2n) is 3.15. The summed E-state index contributed by atoms with van der Waals surface area (Å²) in [6.45, 7) is 0.774. The van der Waals surface area contributed by atoms with Gasteiger partial charge >= 0.3 is 0 Å². The van der Waals surface area contributed by atoms with Crippen LogP contribution in [0.25, 0.3) is 5.52 Å². The van der Waals surface area contributed by atoms with E-state index < -0.39 is 0 Å². The molecule has 0 N–H and O–H groups in total. The third kappa shape index (κ3) is 0.915. The molecule has 2 aromatic heterocycles. The van der Waals surface area contributed by atoms with E-state index >= 15 is 0 Å². The Morgan fingerprint density at radius 1 is 1.46 bits per heavy atom. The van der Waals surface area contributed by atoms with E-state index in [0.717, 1.165) is 36.4 Å². The van der Waals surface area contributed by atoms with Crippen LogP contribution in [0.15, 0.2) is 18.3 Å². The number of aryl methyl sites for hydroxylation is 1. The van der Waals surface area contributed by atoms with Crippen LogP contribution in [0.3, 0.4) is 0 Å². The summed E-state index contributed by atoms with van der Waals surface area (Å²) in [6.07, 6.45) is 3.87. The summed E-state index contributed by atoms with van der Waals surface area (Å²) < 4.78 is 7.35. The summed E-state index contributed by atoms with van der Waals surface area (Å²) in [5, 5.41) is 8.14. The number of hydrogen-bond donors (Lipinski definition) is 0. The van der Waals surface area contributed by atoms with Crippen molar-refractivity contribution >= 4 is 5.52 Å². The van der Waals surface area contributed by atoms with Gasteiger partial charge in [-0.3, -0.25) is 0 Å². The van der Waals surface area contributed by atoms with Crippen LogP contribution >= 0.6 is 0 Å². The largest absolute Gasteiger partial charge is 0.491 e. The molecule has 66 valence electrons. The monoisotopic (exact) mass is 175 g/mol. The van der Waals surface area contributed by atoms with Crippen LogP contribution in [0.5, 0.6) is 5.75 Å². The van der Waals surface area contributed by atoms with Gasteiger partial charge in [-0.25, -0.2) is 4.52 Å². The minimum atomic E-state index is 0.774. The van der Waals surface area contributed by atoms with Crippen LogP contribution in [-0.2, 0) is 6.42 Å². The smallest absolute Gasteiger partial charge is 0.147 e. The minimum absolute atomic E-state index is 0.774. The van der Waals surface area contributed by atoms with E-state index in [4.69, 9.17) is 4.74 Å². The number of aromatic nitrogens is 3. The Morgan fingerprint density at radius 2 is 2.46 bits per heavy atom. The van der Waals surface area contributed by atoms with Gasteiger partial charge in [0.15, 0.2) is 0 Å². The Kier molecular flexibility index (Phi) is 1.30. The third-order valence-electron chi connectivity index (χ3n) is 2.29. The third-order valence-corrected chi connectivity index (χ3v) is 2.29. The first-order chi connectivity index (χ1) is 6.45. The van der Waals surface area contributed by atoms with E-state index in [1.807, 2.05) is 18.3 Å². The summed E-state index contributed by atoms with van der Waals surface area (Å²) in [6, 6.07) is 3.89. The Morgan fingerprint density at radius 3 is 3.46 bits per heavy atom. The van der Waals surface area contributed by atoms with Crippen LogP contribution in [0.2, 0.25) is 0 Å². The van der Waals surface area contributed by atoms with Crippen molar-refractivity contribution in [2.75, 3.05) is 6.61 Å². The predicted octanol–water partition coefficient (Wildman–Crippen LogP) is 1.05. The fourth-order valence-electron chi connectivity index (χ4n) is 1.68. The summed E-state index contributed by atoms with van der Waals surface area (Å²) in [5.74, 6) is 0.903. The van der Waals surface area contributed by atoms with Crippen molar-refractivity contribution in [3.05, 3.63) is 24.0 Å². The van der Waals surface area contributed by atoms with Gasteiger partial charge in [0.25, 0.3) is 0 Å². The second-order valence-corrected chi connectivity index (χ2v) is 3.15. The lowest BCUT2D eigenvalue weighted by Gasteiger charge is -2.02. The van der Waals surface area contributed by atoms with Gasteiger partial charge in [-0.15, -0.1) is 5.10 Å². The molecule has 4 heteroatoms. The molecule has 0 saturated carbocycles. The number of ether oxygens (including phenoxy) is 1. The average molecular weight is 175 g/mol. The first kappa shape index (κ1) is 6.88. The van der Waals surface area contributed by atoms with Gasteiger partial charge in [0, 0.05) is 6.20 Å². The van der Waals surface area contributed by atoms with Crippen molar-refractivity contribution in [1.82, 2.24) is 14.8 Å². The predicted molar refractivity (Wildman–Crippen MR) is 46.8 cm³/mol. The van der Waals surface area contributed by atoms with E-state index in [0.29, 0.717) is 0 Å². The lowest BCUT2D eigenvalue weighted by molar-refractivity contribution is 0.317. The molecule has 0 amide bonds. The van der Waals surface area contributed by atoms with Crippen LogP contribution in [-0.4, -0.2) is 21.4 Å². The molecule has 1 aliphatic rings. The molecule has 3 rings (SSSR count). The molecule has 1 aliphatic heterocycles. The van der Waals surface area contributed by atoms with Crippen molar-refractivity contribution < 1.29 is 4.74 Å². The van der Waals surface area contributed by atoms with Gasteiger partial charge in [-0.1, -0.05) is 5.21 Å². The molecule has 0 unspecified atom stereocenters. The molecule has 0 saturated heterocycles. The lowest BCUT2D eigenvalue weighted by Crippen LogP contribution is -1.97. The van der Waals surface area contributed by atoms with E-state index in [2.05, 4.69) is 10.3 Å². The van der Waals surface area contributed by atoms with Gasteiger partial charge in [0.2, 0.25) is 0 Å². The van der Waals surface area contributed by atoms with Crippen molar-refractivity contribution in [3.8, 4) is 5.75 Å². The average Bonchev–Trinajstić information content (AvgIpc) is 2.44. The molecule has 0 aromatic carbocycles. The van der Waals surface area contributed by atoms with Crippen molar-refractivity contribution in [3.63, 3.8) is 0 Å². The molecule has 0 aliphatic carbocycles. The van der Waals surface area contributed by atoms with E-state index in [1.54, 1.807) is 4.52 Å². The van der Waals surface area contributed by atoms with Crippen molar-refractivity contribution in [2.24, 2.45) is 0 Å². The fraction of sp³-hybridized carbons (Fsp3) is 0.333. The summed E-state index contributed by atoms with van der Waals surface area (Å²) in [5.41, 5.74) is 2.08. The normalized spacial score (nSPS) is 15.4. The van der Waals surface area contributed by atoms with E-state index in [-0.39, 0.29) is 0 Å². The number of rotatable bonds is 0. The SMILES string of the molecule is c1cc2c3c(nnn3c1)CCCO2. The van der Waals surface area contributed by atoms with Crippen LogP contribution < -0.4 is 4.74 Å². The number of hydrogen-bond acceptors (Lipinski definition) is 3. The zero-order valence-electron chi connectivity index (χ0n) is 7.10. The molecule has 3 heterocycles. The molecule has 0 radical (unpaired) electrons. The maximum absolute atomic E-state index is 5.58. The molecule has 0 atom stereocenters. The van der Waals surface area contributed by atoms with E-state index in [1.165, 1.54) is 0 Å². The van der Waals surface area contributed by atoms with Crippen molar-refractivity contribution in [2.45, 2.75) is 12.8 Å².